The monoisotopic (exact) mass is 446 g/mol. The number of rotatable bonds is 6. The average molecular weight is 446 g/mol. The zero-order chi connectivity index (χ0) is 22.8. The molecular formula is C23H22N6O4. The number of aliphatic carboxylic acids is 1. The van der Waals surface area contributed by atoms with Crippen LogP contribution in [0.4, 0.5) is 0 Å². The molecule has 0 amide bonds. The Balaban J connectivity index is 1.22. The lowest BCUT2D eigenvalue weighted by molar-refractivity contribution is -0.138. The standard InChI is InChI=1S/C23H22N6O4/c30-19-7-6-16-22(28-19)29-23(27-16)18-12-24-17(11-25-18)14-3-8-20(26-10-14)33-15-4-1-13(2-5-15)9-21(31)32/h3,6-8,10-13,15H,1-2,4-5,9H2,(H,31,32)(H2,27,28,29,30)/t13-,15-. The highest BCUT2D eigenvalue weighted by Gasteiger charge is 2.24. The summed E-state index contributed by atoms with van der Waals surface area (Å²) in [5.74, 6) is 0.475. The van der Waals surface area contributed by atoms with Crippen molar-refractivity contribution in [2.45, 2.75) is 38.2 Å². The van der Waals surface area contributed by atoms with Crippen LogP contribution >= 0.6 is 0 Å². The second kappa shape index (κ2) is 8.81. The summed E-state index contributed by atoms with van der Waals surface area (Å²) in [6, 6.07) is 6.89. The maximum absolute atomic E-state index is 10.9. The number of fused-ring (bicyclic) bond motifs is 1. The Morgan fingerprint density at radius 2 is 1.76 bits per heavy atom. The Morgan fingerprint density at radius 3 is 2.45 bits per heavy atom. The average Bonchev–Trinajstić information content (AvgIpc) is 3.24. The number of pyridine rings is 2. The fourth-order valence-corrected chi connectivity index (χ4v) is 4.08. The van der Waals surface area contributed by atoms with Crippen molar-refractivity contribution in [1.82, 2.24) is 29.9 Å². The quantitative estimate of drug-likeness (QED) is 0.404. The van der Waals surface area contributed by atoms with Crippen LogP contribution in [0.1, 0.15) is 32.1 Å². The highest BCUT2D eigenvalue weighted by molar-refractivity contribution is 5.75. The summed E-state index contributed by atoms with van der Waals surface area (Å²) < 4.78 is 5.98. The van der Waals surface area contributed by atoms with E-state index in [1.165, 1.54) is 6.07 Å². The highest BCUT2D eigenvalue weighted by atomic mass is 16.5. The van der Waals surface area contributed by atoms with Gasteiger partial charge in [0.2, 0.25) is 11.8 Å². The molecule has 4 aromatic heterocycles. The summed E-state index contributed by atoms with van der Waals surface area (Å²) >= 11 is 0. The van der Waals surface area contributed by atoms with Gasteiger partial charge in [-0.1, -0.05) is 0 Å². The van der Waals surface area contributed by atoms with Gasteiger partial charge in [-0.2, -0.15) is 4.98 Å². The molecule has 1 fully saturated rings. The first-order chi connectivity index (χ1) is 16.0. The van der Waals surface area contributed by atoms with Crippen LogP contribution in [0.15, 0.2) is 42.9 Å². The van der Waals surface area contributed by atoms with Gasteiger partial charge < -0.3 is 19.9 Å². The number of H-pyrrole nitrogens is 1. The zero-order valence-corrected chi connectivity index (χ0v) is 17.7. The van der Waals surface area contributed by atoms with Gasteiger partial charge in [0.15, 0.2) is 11.5 Å². The number of carbonyl (C=O) groups is 1. The van der Waals surface area contributed by atoms with Crippen molar-refractivity contribution in [3.05, 3.63) is 42.9 Å². The lowest BCUT2D eigenvalue weighted by Gasteiger charge is -2.27. The molecule has 10 nitrogen and oxygen atoms in total. The van der Waals surface area contributed by atoms with E-state index in [2.05, 4.69) is 29.9 Å². The molecule has 10 heteroatoms. The van der Waals surface area contributed by atoms with E-state index in [9.17, 15) is 9.90 Å². The summed E-state index contributed by atoms with van der Waals surface area (Å²) in [4.78, 5) is 35.6. The van der Waals surface area contributed by atoms with E-state index >= 15 is 0 Å². The molecule has 0 spiro atoms. The Morgan fingerprint density at radius 1 is 0.970 bits per heavy atom. The molecule has 0 aromatic carbocycles. The first-order valence-corrected chi connectivity index (χ1v) is 10.8. The van der Waals surface area contributed by atoms with Crippen LogP contribution < -0.4 is 4.74 Å². The van der Waals surface area contributed by atoms with Crippen molar-refractivity contribution in [2.24, 2.45) is 5.92 Å². The number of hydrogen-bond acceptors (Lipinski definition) is 8. The van der Waals surface area contributed by atoms with Gasteiger partial charge in [0.25, 0.3) is 0 Å². The predicted molar refractivity (Wildman–Crippen MR) is 118 cm³/mol. The van der Waals surface area contributed by atoms with E-state index in [0.717, 1.165) is 31.2 Å². The third-order valence-corrected chi connectivity index (χ3v) is 5.80. The van der Waals surface area contributed by atoms with Gasteiger partial charge in [0.1, 0.15) is 11.8 Å². The second-order valence-electron chi connectivity index (χ2n) is 8.16. The van der Waals surface area contributed by atoms with Gasteiger partial charge in [-0.05, 0) is 43.7 Å². The van der Waals surface area contributed by atoms with Crippen LogP contribution in [0.5, 0.6) is 11.8 Å². The Bertz CT molecular complexity index is 1260. The number of aromatic hydroxyl groups is 1. The predicted octanol–water partition coefficient (Wildman–Crippen LogP) is 3.59. The molecule has 0 unspecified atom stereocenters. The molecule has 1 saturated carbocycles. The number of imidazole rings is 1. The van der Waals surface area contributed by atoms with Crippen LogP contribution in [0.3, 0.4) is 0 Å². The van der Waals surface area contributed by atoms with Gasteiger partial charge >= 0.3 is 5.97 Å². The number of carboxylic acid groups (broad SMARTS) is 1. The lowest BCUT2D eigenvalue weighted by atomic mass is 9.85. The van der Waals surface area contributed by atoms with E-state index in [-0.39, 0.29) is 24.3 Å². The summed E-state index contributed by atoms with van der Waals surface area (Å²) in [5.41, 5.74) is 3.14. The van der Waals surface area contributed by atoms with Gasteiger partial charge in [-0.3, -0.25) is 9.78 Å². The maximum atomic E-state index is 10.9. The third kappa shape index (κ3) is 4.74. The SMILES string of the molecule is O=C(O)C[C@H]1CC[C@H](Oc2ccc(-c3cnc(-c4nc5nc(O)ccc5[nH]4)cn3)cn2)CC1. The fraction of sp³-hybridized carbons (Fsp3) is 0.304. The molecule has 5 rings (SSSR count). The largest absolute Gasteiger partial charge is 0.493 e. The smallest absolute Gasteiger partial charge is 0.303 e. The minimum atomic E-state index is -0.734. The molecule has 0 saturated heterocycles. The van der Waals surface area contributed by atoms with E-state index in [1.807, 2.05) is 12.1 Å². The lowest BCUT2D eigenvalue weighted by Crippen LogP contribution is -2.25. The third-order valence-electron chi connectivity index (χ3n) is 5.80. The van der Waals surface area contributed by atoms with Gasteiger partial charge in [0, 0.05) is 30.3 Å². The number of aromatic nitrogens is 6. The number of nitrogens with zero attached hydrogens (tertiary/aromatic N) is 5. The molecule has 4 heterocycles. The normalized spacial score (nSPS) is 18.3. The Labute approximate surface area is 188 Å². The molecule has 1 aliphatic carbocycles. The van der Waals surface area contributed by atoms with Crippen molar-refractivity contribution in [2.75, 3.05) is 0 Å². The Hall–Kier alpha value is -4.08. The van der Waals surface area contributed by atoms with Crippen molar-refractivity contribution in [3.8, 4) is 34.5 Å². The summed E-state index contributed by atoms with van der Waals surface area (Å²) in [5, 5.41) is 18.4. The van der Waals surface area contributed by atoms with Gasteiger partial charge in [0.05, 0.1) is 23.6 Å². The van der Waals surface area contributed by atoms with Gasteiger partial charge in [-0.15, -0.1) is 0 Å². The maximum Gasteiger partial charge on any atom is 0.303 e. The minimum absolute atomic E-state index is 0.0627. The van der Waals surface area contributed by atoms with E-state index in [0.29, 0.717) is 34.3 Å². The molecule has 168 valence electrons. The summed E-state index contributed by atoms with van der Waals surface area (Å²) in [7, 11) is 0. The molecule has 0 aliphatic heterocycles. The van der Waals surface area contributed by atoms with Crippen LogP contribution in [0.25, 0.3) is 33.9 Å². The fourth-order valence-electron chi connectivity index (χ4n) is 4.08. The number of nitrogens with one attached hydrogen (secondary N) is 1. The van der Waals surface area contributed by atoms with Crippen molar-refractivity contribution in [3.63, 3.8) is 0 Å². The van der Waals surface area contributed by atoms with E-state index in [4.69, 9.17) is 9.84 Å². The van der Waals surface area contributed by atoms with Crippen LogP contribution in [0.2, 0.25) is 0 Å². The second-order valence-corrected chi connectivity index (χ2v) is 8.16. The van der Waals surface area contributed by atoms with E-state index < -0.39 is 5.97 Å². The van der Waals surface area contributed by atoms with Crippen LogP contribution in [-0.2, 0) is 4.79 Å². The molecular weight excluding hydrogens is 424 g/mol. The van der Waals surface area contributed by atoms with Crippen molar-refractivity contribution in [1.29, 1.82) is 0 Å². The first-order valence-electron chi connectivity index (χ1n) is 10.8. The van der Waals surface area contributed by atoms with E-state index in [1.54, 1.807) is 24.7 Å². The number of aromatic amines is 1. The molecule has 4 aromatic rings. The molecule has 0 bridgehead atoms. The summed E-state index contributed by atoms with van der Waals surface area (Å²) in [6.07, 6.45) is 8.66. The van der Waals surface area contributed by atoms with Crippen LogP contribution in [0, 0.1) is 5.92 Å². The van der Waals surface area contributed by atoms with Crippen molar-refractivity contribution < 1.29 is 19.7 Å². The molecule has 1 aliphatic rings. The molecule has 0 radical (unpaired) electrons. The molecule has 33 heavy (non-hydrogen) atoms. The first kappa shape index (κ1) is 20.8. The topological polar surface area (TPSA) is 147 Å². The number of ether oxygens (including phenoxy) is 1. The van der Waals surface area contributed by atoms with Crippen molar-refractivity contribution >= 4 is 17.1 Å². The molecule has 0 atom stereocenters. The zero-order valence-electron chi connectivity index (χ0n) is 17.7. The van der Waals surface area contributed by atoms with Gasteiger partial charge in [-0.25, -0.2) is 15.0 Å². The van der Waals surface area contributed by atoms with Crippen LogP contribution in [-0.4, -0.2) is 52.2 Å². The Kier molecular flexibility index (Phi) is 5.55. The number of carboxylic acids is 1. The minimum Gasteiger partial charge on any atom is -0.493 e. The highest BCUT2D eigenvalue weighted by Crippen LogP contribution is 2.29. The number of hydrogen-bond donors (Lipinski definition) is 3. The molecule has 3 N–H and O–H groups in total. The summed E-state index contributed by atoms with van der Waals surface area (Å²) in [6.45, 7) is 0.